The monoisotopic (exact) mass is 369 g/mol. The van der Waals surface area contributed by atoms with Crippen LogP contribution in [0.2, 0.25) is 5.15 Å². The van der Waals surface area contributed by atoms with Gasteiger partial charge in [0.05, 0.1) is 6.61 Å². The fourth-order valence-electron chi connectivity index (χ4n) is 2.90. The van der Waals surface area contributed by atoms with E-state index >= 15 is 0 Å². The molecule has 1 amide bonds. The van der Waals surface area contributed by atoms with E-state index in [1.165, 1.54) is 0 Å². The lowest BCUT2D eigenvalue weighted by Crippen LogP contribution is -2.46. The Morgan fingerprint density at radius 2 is 2.08 bits per heavy atom. The number of carbonyl (C=O) groups excluding carboxylic acids is 1. The Labute approximate surface area is 154 Å². The van der Waals surface area contributed by atoms with Crippen LogP contribution in [-0.2, 0) is 16.1 Å². The van der Waals surface area contributed by atoms with E-state index < -0.39 is 5.60 Å². The van der Waals surface area contributed by atoms with Gasteiger partial charge < -0.3 is 14.4 Å². The van der Waals surface area contributed by atoms with Crippen molar-refractivity contribution in [3.63, 3.8) is 0 Å². The maximum Gasteiger partial charge on any atom is 0.410 e. The summed E-state index contributed by atoms with van der Waals surface area (Å²) in [6, 6.07) is 0.229. The van der Waals surface area contributed by atoms with Crippen LogP contribution in [0.15, 0.2) is 12.4 Å². The van der Waals surface area contributed by atoms with E-state index in [1.54, 1.807) is 12.4 Å². The van der Waals surface area contributed by atoms with E-state index in [0.29, 0.717) is 24.1 Å². The molecule has 1 aromatic rings. The summed E-state index contributed by atoms with van der Waals surface area (Å²) in [5.74, 6) is 0. The largest absolute Gasteiger partial charge is 0.444 e. The van der Waals surface area contributed by atoms with E-state index in [0.717, 1.165) is 38.6 Å². The summed E-state index contributed by atoms with van der Waals surface area (Å²) in [6.07, 6.45) is 7.96. The molecule has 0 radical (unpaired) electrons. The topological polar surface area (TPSA) is 64.5 Å². The third kappa shape index (κ3) is 6.78. The zero-order chi connectivity index (χ0) is 18.3. The van der Waals surface area contributed by atoms with E-state index in [1.807, 2.05) is 25.7 Å². The second-order valence-electron chi connectivity index (χ2n) is 7.31. The van der Waals surface area contributed by atoms with Gasteiger partial charge >= 0.3 is 6.09 Å². The highest BCUT2D eigenvalue weighted by Crippen LogP contribution is 2.23. The fourth-order valence-corrected chi connectivity index (χ4v) is 3.06. The molecule has 0 unspecified atom stereocenters. The van der Waals surface area contributed by atoms with Gasteiger partial charge in [-0.1, -0.05) is 11.6 Å². The van der Waals surface area contributed by atoms with Gasteiger partial charge in [-0.3, -0.25) is 4.98 Å². The molecule has 0 spiro atoms. The van der Waals surface area contributed by atoms with Crippen LogP contribution in [0, 0.1) is 0 Å². The van der Waals surface area contributed by atoms with E-state index in [-0.39, 0.29) is 12.1 Å². The SMILES string of the molecule is CC(C)(C)OC(=O)N1CCCC[C@@H]1CCCOCc1nccnc1Cl. The quantitative estimate of drug-likeness (QED) is 0.702. The summed E-state index contributed by atoms with van der Waals surface area (Å²) < 4.78 is 11.2. The standard InChI is InChI=1S/C18H28ClN3O3/c1-18(2,3)25-17(23)22-11-5-4-7-14(22)8-6-12-24-13-15-16(19)21-10-9-20-15/h9-10,14H,4-8,11-13H2,1-3H3/t14-/m1/s1. The summed E-state index contributed by atoms with van der Waals surface area (Å²) in [6.45, 7) is 7.42. The number of rotatable bonds is 6. The highest BCUT2D eigenvalue weighted by Gasteiger charge is 2.29. The number of carbonyl (C=O) groups is 1. The highest BCUT2D eigenvalue weighted by atomic mass is 35.5. The molecular formula is C18H28ClN3O3. The third-order valence-corrected chi connectivity index (χ3v) is 4.36. The Morgan fingerprint density at radius 1 is 1.32 bits per heavy atom. The molecule has 7 heteroatoms. The zero-order valence-electron chi connectivity index (χ0n) is 15.3. The van der Waals surface area contributed by atoms with E-state index in [4.69, 9.17) is 21.1 Å². The Bertz CT molecular complexity index is 563. The number of nitrogens with zero attached hydrogens (tertiary/aromatic N) is 3. The molecular weight excluding hydrogens is 342 g/mol. The van der Waals surface area contributed by atoms with Crippen molar-refractivity contribution < 1.29 is 14.3 Å². The molecule has 140 valence electrons. The predicted molar refractivity (Wildman–Crippen MR) is 96.5 cm³/mol. The number of hydrogen-bond donors (Lipinski definition) is 0. The molecule has 1 saturated heterocycles. The fraction of sp³-hybridized carbons (Fsp3) is 0.722. The van der Waals surface area contributed by atoms with Crippen molar-refractivity contribution in [1.82, 2.24) is 14.9 Å². The summed E-state index contributed by atoms with van der Waals surface area (Å²) in [5.41, 5.74) is 0.190. The maximum absolute atomic E-state index is 12.4. The Kier molecular flexibility index (Phi) is 7.44. The van der Waals surface area contributed by atoms with Crippen molar-refractivity contribution in [3.05, 3.63) is 23.2 Å². The molecule has 1 aromatic heterocycles. The van der Waals surface area contributed by atoms with Crippen LogP contribution in [0.1, 0.15) is 58.6 Å². The van der Waals surface area contributed by atoms with Crippen LogP contribution < -0.4 is 0 Å². The molecule has 1 aliphatic heterocycles. The maximum atomic E-state index is 12.4. The Balaban J connectivity index is 1.74. The summed E-state index contributed by atoms with van der Waals surface area (Å²) in [4.78, 5) is 22.4. The molecule has 25 heavy (non-hydrogen) atoms. The summed E-state index contributed by atoms with van der Waals surface area (Å²) in [5, 5.41) is 0.380. The van der Waals surface area contributed by atoms with E-state index in [9.17, 15) is 4.79 Å². The van der Waals surface area contributed by atoms with Gasteiger partial charge in [0.1, 0.15) is 11.3 Å². The molecule has 1 fully saturated rings. The first-order chi connectivity index (χ1) is 11.9. The molecule has 6 nitrogen and oxygen atoms in total. The molecule has 2 heterocycles. The number of halogens is 1. The van der Waals surface area contributed by atoms with Crippen LogP contribution in [0.4, 0.5) is 4.79 Å². The first-order valence-corrected chi connectivity index (χ1v) is 9.27. The van der Waals surface area contributed by atoms with Gasteiger partial charge in [0.25, 0.3) is 0 Å². The van der Waals surface area contributed by atoms with Crippen molar-refractivity contribution in [2.45, 2.75) is 71.1 Å². The number of piperidine rings is 1. The van der Waals surface area contributed by atoms with Crippen LogP contribution in [0.3, 0.4) is 0 Å². The average Bonchev–Trinajstić information content (AvgIpc) is 2.55. The minimum absolute atomic E-state index is 0.204. The zero-order valence-corrected chi connectivity index (χ0v) is 16.1. The molecule has 1 atom stereocenters. The molecule has 0 aromatic carbocycles. The van der Waals surface area contributed by atoms with Gasteiger partial charge in [-0.15, -0.1) is 0 Å². The van der Waals surface area contributed by atoms with Gasteiger partial charge in [0.15, 0.2) is 5.15 Å². The Hall–Kier alpha value is -1.40. The Morgan fingerprint density at radius 3 is 2.80 bits per heavy atom. The normalized spacial score (nSPS) is 18.2. The molecule has 0 saturated carbocycles. The second-order valence-corrected chi connectivity index (χ2v) is 7.67. The molecule has 2 rings (SSSR count). The van der Waals surface area contributed by atoms with Crippen LogP contribution in [-0.4, -0.2) is 45.8 Å². The molecule has 1 aliphatic rings. The number of hydrogen-bond acceptors (Lipinski definition) is 5. The van der Waals surface area contributed by atoms with Crippen LogP contribution in [0.25, 0.3) is 0 Å². The average molecular weight is 370 g/mol. The minimum Gasteiger partial charge on any atom is -0.444 e. The smallest absolute Gasteiger partial charge is 0.410 e. The highest BCUT2D eigenvalue weighted by molar-refractivity contribution is 6.29. The lowest BCUT2D eigenvalue weighted by atomic mass is 9.98. The van der Waals surface area contributed by atoms with Gasteiger partial charge in [-0.05, 0) is 52.9 Å². The number of aromatic nitrogens is 2. The minimum atomic E-state index is -0.460. The lowest BCUT2D eigenvalue weighted by molar-refractivity contribution is 0.00723. The second kappa shape index (κ2) is 9.34. The first kappa shape index (κ1) is 19.9. The van der Waals surface area contributed by atoms with Crippen molar-refractivity contribution in [2.24, 2.45) is 0 Å². The summed E-state index contributed by atoms with van der Waals surface area (Å²) in [7, 11) is 0. The van der Waals surface area contributed by atoms with Crippen molar-refractivity contribution in [3.8, 4) is 0 Å². The van der Waals surface area contributed by atoms with Gasteiger partial charge in [0, 0.05) is 31.6 Å². The predicted octanol–water partition coefficient (Wildman–Crippen LogP) is 4.22. The van der Waals surface area contributed by atoms with Gasteiger partial charge in [-0.2, -0.15) is 0 Å². The van der Waals surface area contributed by atoms with Gasteiger partial charge in [-0.25, -0.2) is 9.78 Å². The first-order valence-electron chi connectivity index (χ1n) is 8.89. The van der Waals surface area contributed by atoms with Crippen molar-refractivity contribution in [2.75, 3.05) is 13.2 Å². The van der Waals surface area contributed by atoms with Gasteiger partial charge in [0.2, 0.25) is 0 Å². The van der Waals surface area contributed by atoms with Crippen LogP contribution in [0.5, 0.6) is 0 Å². The van der Waals surface area contributed by atoms with Crippen molar-refractivity contribution >= 4 is 17.7 Å². The molecule has 0 aliphatic carbocycles. The number of likely N-dealkylation sites (tertiary alicyclic amines) is 1. The van der Waals surface area contributed by atoms with Crippen LogP contribution >= 0.6 is 11.6 Å². The number of ether oxygens (including phenoxy) is 2. The third-order valence-electron chi connectivity index (χ3n) is 4.04. The lowest BCUT2D eigenvalue weighted by Gasteiger charge is -2.36. The van der Waals surface area contributed by atoms with E-state index in [2.05, 4.69) is 9.97 Å². The number of amides is 1. The van der Waals surface area contributed by atoms with Crippen molar-refractivity contribution in [1.29, 1.82) is 0 Å². The summed E-state index contributed by atoms with van der Waals surface area (Å²) >= 11 is 5.95. The molecule has 0 bridgehead atoms. The molecule has 0 N–H and O–H groups in total.